The summed E-state index contributed by atoms with van der Waals surface area (Å²) in [5.74, 6) is 2.59. The number of fused-ring (bicyclic) bond motifs is 1. The fourth-order valence-corrected chi connectivity index (χ4v) is 4.43. The standard InChI is InChI=1S/C12H15N5O2S2/c1-6(2)19-9-7-5-20-4-3-8(7)21-10(9)11(18)13-12-14-16-17-15-12/h6H,3-5H2,1-2H3,(H2,13,14,15,16,17,18). The van der Waals surface area contributed by atoms with Gasteiger partial charge in [-0.05, 0) is 31.2 Å². The molecule has 1 amide bonds. The van der Waals surface area contributed by atoms with E-state index in [-0.39, 0.29) is 18.0 Å². The molecule has 0 spiro atoms. The number of aromatic amines is 1. The molecule has 0 saturated carbocycles. The third kappa shape index (κ3) is 3.03. The highest BCUT2D eigenvalue weighted by Crippen LogP contribution is 2.42. The summed E-state index contributed by atoms with van der Waals surface area (Å²) in [6, 6.07) is 0. The quantitative estimate of drug-likeness (QED) is 0.894. The van der Waals surface area contributed by atoms with Gasteiger partial charge in [0.05, 0.1) is 6.10 Å². The van der Waals surface area contributed by atoms with Gasteiger partial charge < -0.3 is 4.74 Å². The van der Waals surface area contributed by atoms with E-state index in [1.807, 2.05) is 25.6 Å². The molecule has 3 rings (SSSR count). The lowest BCUT2D eigenvalue weighted by Crippen LogP contribution is -2.15. The van der Waals surface area contributed by atoms with Gasteiger partial charge >= 0.3 is 0 Å². The van der Waals surface area contributed by atoms with Crippen LogP contribution in [0.1, 0.15) is 34.0 Å². The molecule has 21 heavy (non-hydrogen) atoms. The Hall–Kier alpha value is -1.61. The molecule has 0 unspecified atom stereocenters. The van der Waals surface area contributed by atoms with Crippen molar-refractivity contribution in [2.45, 2.75) is 32.1 Å². The Morgan fingerprint density at radius 3 is 3.05 bits per heavy atom. The molecule has 2 aromatic rings. The normalized spacial score (nSPS) is 14.0. The molecular formula is C12H15N5O2S2. The Morgan fingerprint density at radius 1 is 1.48 bits per heavy atom. The van der Waals surface area contributed by atoms with Crippen molar-refractivity contribution in [1.82, 2.24) is 20.6 Å². The predicted molar refractivity (Wildman–Crippen MR) is 82.1 cm³/mol. The number of carbonyl (C=O) groups is 1. The number of H-pyrrole nitrogens is 1. The lowest BCUT2D eigenvalue weighted by Gasteiger charge is -2.15. The highest BCUT2D eigenvalue weighted by Gasteiger charge is 2.27. The van der Waals surface area contributed by atoms with Gasteiger partial charge in [0, 0.05) is 16.2 Å². The zero-order chi connectivity index (χ0) is 14.8. The average Bonchev–Trinajstić information content (AvgIpc) is 3.07. The summed E-state index contributed by atoms with van der Waals surface area (Å²) in [6.45, 7) is 3.92. The first kappa shape index (κ1) is 14.3. The molecule has 2 aromatic heterocycles. The van der Waals surface area contributed by atoms with Crippen LogP contribution >= 0.6 is 23.1 Å². The second kappa shape index (κ2) is 6.02. The Bertz CT molecular complexity index is 638. The van der Waals surface area contributed by atoms with Gasteiger partial charge in [-0.15, -0.1) is 16.4 Å². The minimum atomic E-state index is -0.253. The number of aryl methyl sites for hydroxylation is 1. The summed E-state index contributed by atoms with van der Waals surface area (Å²) < 4.78 is 5.90. The van der Waals surface area contributed by atoms with E-state index in [1.54, 1.807) is 0 Å². The molecule has 0 aliphatic carbocycles. The van der Waals surface area contributed by atoms with Crippen LogP contribution in [0.2, 0.25) is 0 Å². The van der Waals surface area contributed by atoms with E-state index < -0.39 is 0 Å². The van der Waals surface area contributed by atoms with Crippen molar-refractivity contribution in [1.29, 1.82) is 0 Å². The third-order valence-electron chi connectivity index (χ3n) is 2.89. The van der Waals surface area contributed by atoms with Crippen LogP contribution in [0.15, 0.2) is 0 Å². The monoisotopic (exact) mass is 325 g/mol. The van der Waals surface area contributed by atoms with Gasteiger partial charge in [0.1, 0.15) is 10.6 Å². The molecule has 7 nitrogen and oxygen atoms in total. The highest BCUT2D eigenvalue weighted by atomic mass is 32.2. The van der Waals surface area contributed by atoms with Crippen LogP contribution in [0.4, 0.5) is 5.95 Å². The van der Waals surface area contributed by atoms with Crippen LogP contribution in [0, 0.1) is 0 Å². The first-order valence-corrected chi connectivity index (χ1v) is 8.56. The molecule has 9 heteroatoms. The summed E-state index contributed by atoms with van der Waals surface area (Å²) in [4.78, 5) is 14.2. The van der Waals surface area contributed by atoms with Crippen molar-refractivity contribution in [3.8, 4) is 5.75 Å². The zero-order valence-electron chi connectivity index (χ0n) is 11.7. The van der Waals surface area contributed by atoms with Crippen LogP contribution in [0.5, 0.6) is 5.75 Å². The third-order valence-corrected chi connectivity index (χ3v) is 5.15. The van der Waals surface area contributed by atoms with E-state index in [0.29, 0.717) is 10.6 Å². The van der Waals surface area contributed by atoms with Crippen LogP contribution in [-0.4, -0.2) is 38.4 Å². The zero-order valence-corrected chi connectivity index (χ0v) is 13.3. The molecule has 3 heterocycles. The van der Waals surface area contributed by atoms with E-state index in [4.69, 9.17) is 4.74 Å². The van der Waals surface area contributed by atoms with Crippen molar-refractivity contribution in [2.24, 2.45) is 0 Å². The summed E-state index contributed by atoms with van der Waals surface area (Å²) in [5, 5.41) is 15.8. The van der Waals surface area contributed by atoms with Crippen molar-refractivity contribution in [3.05, 3.63) is 15.3 Å². The lowest BCUT2D eigenvalue weighted by atomic mass is 10.2. The number of ether oxygens (including phenoxy) is 1. The Labute approximate surface area is 129 Å². The number of hydrogen-bond donors (Lipinski definition) is 2. The number of rotatable bonds is 4. The van der Waals surface area contributed by atoms with Crippen LogP contribution in [-0.2, 0) is 12.2 Å². The Balaban J connectivity index is 1.92. The van der Waals surface area contributed by atoms with Crippen molar-refractivity contribution in [2.75, 3.05) is 11.1 Å². The predicted octanol–water partition coefficient (Wildman–Crippen LogP) is 2.09. The number of anilines is 1. The molecule has 0 atom stereocenters. The van der Waals surface area contributed by atoms with E-state index in [1.165, 1.54) is 16.2 Å². The number of nitrogens with one attached hydrogen (secondary N) is 2. The van der Waals surface area contributed by atoms with Crippen LogP contribution in [0.3, 0.4) is 0 Å². The van der Waals surface area contributed by atoms with Crippen LogP contribution < -0.4 is 10.1 Å². The average molecular weight is 325 g/mol. The summed E-state index contributed by atoms with van der Waals surface area (Å²) >= 11 is 3.36. The number of thiophene rings is 1. The van der Waals surface area contributed by atoms with Crippen molar-refractivity contribution >= 4 is 35.0 Å². The summed E-state index contributed by atoms with van der Waals surface area (Å²) in [7, 11) is 0. The number of nitrogens with zero attached hydrogens (tertiary/aromatic N) is 3. The van der Waals surface area contributed by atoms with Gasteiger partial charge in [0.15, 0.2) is 0 Å². The van der Waals surface area contributed by atoms with Gasteiger partial charge in [0.2, 0.25) is 0 Å². The summed E-state index contributed by atoms with van der Waals surface area (Å²) in [5.41, 5.74) is 1.16. The van der Waals surface area contributed by atoms with Gasteiger partial charge in [-0.1, -0.05) is 5.10 Å². The topological polar surface area (TPSA) is 92.8 Å². The highest BCUT2D eigenvalue weighted by molar-refractivity contribution is 7.98. The van der Waals surface area contributed by atoms with Crippen molar-refractivity contribution < 1.29 is 9.53 Å². The maximum Gasteiger partial charge on any atom is 0.272 e. The van der Waals surface area contributed by atoms with E-state index in [2.05, 4.69) is 25.9 Å². The number of tetrazole rings is 1. The molecule has 0 aromatic carbocycles. The number of amides is 1. The minimum Gasteiger partial charge on any atom is -0.489 e. The van der Waals surface area contributed by atoms with Gasteiger partial charge in [-0.25, -0.2) is 0 Å². The molecule has 0 radical (unpaired) electrons. The largest absolute Gasteiger partial charge is 0.489 e. The first-order chi connectivity index (χ1) is 10.1. The van der Waals surface area contributed by atoms with Crippen molar-refractivity contribution in [3.63, 3.8) is 0 Å². The Kier molecular flexibility index (Phi) is 4.11. The fraction of sp³-hybridized carbons (Fsp3) is 0.500. The van der Waals surface area contributed by atoms with Crippen LogP contribution in [0.25, 0.3) is 0 Å². The number of aromatic nitrogens is 4. The van der Waals surface area contributed by atoms with E-state index in [9.17, 15) is 4.79 Å². The van der Waals surface area contributed by atoms with Gasteiger partial charge in [-0.3, -0.25) is 10.1 Å². The Morgan fingerprint density at radius 2 is 2.33 bits per heavy atom. The molecule has 0 fully saturated rings. The number of thioether (sulfide) groups is 1. The second-order valence-electron chi connectivity index (χ2n) is 4.82. The smallest absolute Gasteiger partial charge is 0.272 e. The maximum atomic E-state index is 12.4. The molecule has 1 aliphatic rings. The molecule has 0 saturated heterocycles. The number of hydrogen-bond acceptors (Lipinski definition) is 7. The van der Waals surface area contributed by atoms with Gasteiger partial charge in [-0.2, -0.15) is 17.0 Å². The molecular weight excluding hydrogens is 310 g/mol. The second-order valence-corrected chi connectivity index (χ2v) is 7.03. The minimum absolute atomic E-state index is 0.0207. The molecule has 0 bridgehead atoms. The fourth-order valence-electron chi connectivity index (χ4n) is 2.06. The SMILES string of the molecule is CC(C)Oc1c(C(=O)Nc2nn[nH]n2)sc2c1CSCC2. The molecule has 1 aliphatic heterocycles. The maximum absolute atomic E-state index is 12.4. The van der Waals surface area contributed by atoms with Gasteiger partial charge in [0.25, 0.3) is 11.9 Å². The summed E-state index contributed by atoms with van der Waals surface area (Å²) in [6.07, 6.45) is 1.00. The van der Waals surface area contributed by atoms with E-state index >= 15 is 0 Å². The molecule has 112 valence electrons. The lowest BCUT2D eigenvalue weighted by molar-refractivity contribution is 0.102. The molecule has 2 N–H and O–H groups in total. The van der Waals surface area contributed by atoms with E-state index in [0.717, 1.165) is 23.5 Å². The number of carbonyl (C=O) groups excluding carboxylic acids is 1. The first-order valence-electron chi connectivity index (χ1n) is 6.59.